The fourth-order valence-electron chi connectivity index (χ4n) is 1.66. The number of sulfonamides is 1. The van der Waals surface area contributed by atoms with Gasteiger partial charge in [-0.25, -0.2) is 21.6 Å². The summed E-state index contributed by atoms with van der Waals surface area (Å²) < 4.78 is 50.3. The number of hydrogen-bond donors (Lipinski definition) is 1. The number of nitrogens with one attached hydrogen (secondary N) is 1. The molecule has 1 N–H and O–H groups in total. The molecular weight excluding hydrogens is 298 g/mol. The molecule has 0 spiro atoms. The van der Waals surface area contributed by atoms with Crippen molar-refractivity contribution in [1.82, 2.24) is 4.72 Å². The van der Waals surface area contributed by atoms with Crippen molar-refractivity contribution in [1.29, 1.82) is 0 Å². The van der Waals surface area contributed by atoms with Crippen LogP contribution in [0.4, 0.5) is 0 Å². The second-order valence-corrected chi connectivity index (χ2v) is 7.84. The van der Waals surface area contributed by atoms with Gasteiger partial charge in [-0.3, -0.25) is 0 Å². The third kappa shape index (κ3) is 2.74. The lowest BCUT2D eigenvalue weighted by Crippen LogP contribution is -2.18. The molecule has 5 nitrogen and oxygen atoms in total. The van der Waals surface area contributed by atoms with Gasteiger partial charge in [-0.05, 0) is 37.4 Å². The number of sulfone groups is 1. The highest BCUT2D eigenvalue weighted by atomic mass is 32.2. The minimum absolute atomic E-state index is 0.0555. The standard InChI is InChI=1S/C13H13NO4S2/c1-14-20(17,18)13-9-5-8-12(10-13)19(15,16)11-6-3-2-4-7-11/h2-10,14H,1H3. The van der Waals surface area contributed by atoms with E-state index in [1.165, 1.54) is 37.4 Å². The highest BCUT2D eigenvalue weighted by molar-refractivity contribution is 7.91. The van der Waals surface area contributed by atoms with E-state index in [-0.39, 0.29) is 14.7 Å². The van der Waals surface area contributed by atoms with E-state index < -0.39 is 19.9 Å². The number of hydrogen-bond acceptors (Lipinski definition) is 4. The average molecular weight is 311 g/mol. The Bertz CT molecular complexity index is 812. The minimum atomic E-state index is -3.72. The highest BCUT2D eigenvalue weighted by Gasteiger charge is 2.20. The second kappa shape index (κ2) is 5.35. The first-order chi connectivity index (χ1) is 9.38. The van der Waals surface area contributed by atoms with Crippen LogP contribution in [0.25, 0.3) is 0 Å². The maximum atomic E-state index is 12.4. The van der Waals surface area contributed by atoms with E-state index in [0.717, 1.165) is 6.07 Å². The molecular formula is C13H13NO4S2. The van der Waals surface area contributed by atoms with Gasteiger partial charge >= 0.3 is 0 Å². The van der Waals surface area contributed by atoms with E-state index in [4.69, 9.17) is 0 Å². The van der Waals surface area contributed by atoms with Crippen molar-refractivity contribution in [2.45, 2.75) is 14.7 Å². The molecule has 0 radical (unpaired) electrons. The van der Waals surface area contributed by atoms with Gasteiger partial charge in [0.1, 0.15) is 0 Å². The van der Waals surface area contributed by atoms with Crippen LogP contribution < -0.4 is 4.72 Å². The molecule has 7 heteroatoms. The normalized spacial score (nSPS) is 12.2. The van der Waals surface area contributed by atoms with Crippen LogP contribution in [0, 0.1) is 0 Å². The first kappa shape index (κ1) is 14.7. The maximum Gasteiger partial charge on any atom is 0.240 e. The van der Waals surface area contributed by atoms with Gasteiger partial charge in [0.25, 0.3) is 0 Å². The van der Waals surface area contributed by atoms with E-state index in [1.807, 2.05) is 0 Å². The van der Waals surface area contributed by atoms with Crippen molar-refractivity contribution in [3.05, 3.63) is 54.6 Å². The van der Waals surface area contributed by atoms with Crippen LogP contribution in [0.15, 0.2) is 69.3 Å². The summed E-state index contributed by atoms with van der Waals surface area (Å²) in [6.45, 7) is 0. The fourth-order valence-corrected chi connectivity index (χ4v) is 3.84. The lowest BCUT2D eigenvalue weighted by atomic mass is 10.4. The zero-order valence-electron chi connectivity index (χ0n) is 10.6. The summed E-state index contributed by atoms with van der Waals surface area (Å²) in [7, 11) is -6.13. The Morgan fingerprint density at radius 3 is 1.90 bits per heavy atom. The van der Waals surface area contributed by atoms with Crippen molar-refractivity contribution < 1.29 is 16.8 Å². The molecule has 2 aromatic carbocycles. The predicted molar refractivity (Wildman–Crippen MR) is 74.6 cm³/mol. The summed E-state index contributed by atoms with van der Waals surface area (Å²) in [6.07, 6.45) is 0. The number of benzene rings is 2. The molecule has 2 rings (SSSR count). The van der Waals surface area contributed by atoms with Crippen molar-refractivity contribution in [3.8, 4) is 0 Å². The largest absolute Gasteiger partial charge is 0.240 e. The Labute approximate surface area is 118 Å². The van der Waals surface area contributed by atoms with Gasteiger partial charge < -0.3 is 0 Å². The Hall–Kier alpha value is -1.70. The molecule has 0 aliphatic carbocycles. The molecule has 0 aromatic heterocycles. The molecule has 0 atom stereocenters. The van der Waals surface area contributed by atoms with Crippen molar-refractivity contribution in [3.63, 3.8) is 0 Å². The lowest BCUT2D eigenvalue weighted by Gasteiger charge is -2.07. The molecule has 0 unspecified atom stereocenters. The first-order valence-corrected chi connectivity index (χ1v) is 8.68. The zero-order valence-corrected chi connectivity index (χ0v) is 12.3. The van der Waals surface area contributed by atoms with Gasteiger partial charge in [-0.2, -0.15) is 0 Å². The smallest absolute Gasteiger partial charge is 0.219 e. The first-order valence-electron chi connectivity index (χ1n) is 5.72. The zero-order chi connectivity index (χ0) is 14.8. The molecule has 0 heterocycles. The molecule has 0 aliphatic rings. The molecule has 0 saturated carbocycles. The Balaban J connectivity index is 2.58. The Morgan fingerprint density at radius 1 is 0.750 bits per heavy atom. The quantitative estimate of drug-likeness (QED) is 0.926. The Kier molecular flexibility index (Phi) is 3.94. The van der Waals surface area contributed by atoms with Gasteiger partial charge in [0.15, 0.2) is 0 Å². The van der Waals surface area contributed by atoms with Crippen molar-refractivity contribution >= 4 is 19.9 Å². The van der Waals surface area contributed by atoms with Crippen molar-refractivity contribution in [2.24, 2.45) is 0 Å². The van der Waals surface area contributed by atoms with Crippen LogP contribution >= 0.6 is 0 Å². The monoisotopic (exact) mass is 311 g/mol. The van der Waals surface area contributed by atoms with Gasteiger partial charge in [0, 0.05) is 0 Å². The molecule has 0 saturated heterocycles. The predicted octanol–water partition coefficient (Wildman–Crippen LogP) is 1.43. The van der Waals surface area contributed by atoms with Gasteiger partial charge in [-0.1, -0.05) is 24.3 Å². The molecule has 20 heavy (non-hydrogen) atoms. The van der Waals surface area contributed by atoms with Crippen LogP contribution in [0.1, 0.15) is 0 Å². The van der Waals surface area contributed by atoms with Crippen molar-refractivity contribution in [2.75, 3.05) is 7.05 Å². The fraction of sp³-hybridized carbons (Fsp3) is 0.0769. The molecule has 0 aliphatic heterocycles. The average Bonchev–Trinajstić information content (AvgIpc) is 2.48. The summed E-state index contributed by atoms with van der Waals surface area (Å²) in [5.41, 5.74) is 0. The highest BCUT2D eigenvalue weighted by Crippen LogP contribution is 2.22. The van der Waals surface area contributed by atoms with E-state index >= 15 is 0 Å². The van der Waals surface area contributed by atoms with Crippen LogP contribution in [0.3, 0.4) is 0 Å². The van der Waals surface area contributed by atoms with Gasteiger partial charge in [-0.15, -0.1) is 0 Å². The summed E-state index contributed by atoms with van der Waals surface area (Å²) in [6, 6.07) is 13.1. The summed E-state index contributed by atoms with van der Waals surface area (Å²) in [4.78, 5) is -0.0176. The third-order valence-corrected chi connectivity index (χ3v) is 5.93. The molecule has 2 aromatic rings. The Morgan fingerprint density at radius 2 is 1.30 bits per heavy atom. The van der Waals surface area contributed by atoms with Gasteiger partial charge in [0.05, 0.1) is 14.7 Å². The molecule has 0 bridgehead atoms. The van der Waals surface area contributed by atoms with E-state index in [2.05, 4.69) is 4.72 Å². The van der Waals surface area contributed by atoms with E-state index in [9.17, 15) is 16.8 Å². The van der Waals surface area contributed by atoms with Crippen LogP contribution in [0.5, 0.6) is 0 Å². The SMILES string of the molecule is CNS(=O)(=O)c1cccc(S(=O)(=O)c2ccccc2)c1. The van der Waals surface area contributed by atoms with Crippen LogP contribution in [-0.4, -0.2) is 23.9 Å². The topological polar surface area (TPSA) is 80.3 Å². The molecule has 0 fully saturated rings. The van der Waals surface area contributed by atoms with Gasteiger partial charge in [0.2, 0.25) is 19.9 Å². The lowest BCUT2D eigenvalue weighted by molar-refractivity contribution is 0.587. The summed E-state index contributed by atoms with van der Waals surface area (Å²) in [5.74, 6) is 0. The minimum Gasteiger partial charge on any atom is -0.219 e. The number of rotatable bonds is 4. The summed E-state index contributed by atoms with van der Waals surface area (Å²) in [5, 5.41) is 0. The summed E-state index contributed by atoms with van der Waals surface area (Å²) >= 11 is 0. The molecule has 0 amide bonds. The van der Waals surface area contributed by atoms with E-state index in [0.29, 0.717) is 0 Å². The van der Waals surface area contributed by atoms with Crippen LogP contribution in [0.2, 0.25) is 0 Å². The van der Waals surface area contributed by atoms with Crippen LogP contribution in [-0.2, 0) is 19.9 Å². The second-order valence-electron chi connectivity index (χ2n) is 4.00. The van der Waals surface area contributed by atoms with E-state index in [1.54, 1.807) is 18.2 Å². The third-order valence-electron chi connectivity index (χ3n) is 2.75. The maximum absolute atomic E-state index is 12.4. The molecule has 106 valence electrons.